The predicted octanol–water partition coefficient (Wildman–Crippen LogP) is 1.86. The van der Waals surface area contributed by atoms with E-state index in [0.29, 0.717) is 48.4 Å². The molecule has 3 rings (SSSR count). The van der Waals surface area contributed by atoms with Crippen LogP contribution in [0.5, 0.6) is 0 Å². The third kappa shape index (κ3) is 3.32. The molecule has 0 aromatic carbocycles. The van der Waals surface area contributed by atoms with Crippen LogP contribution in [-0.2, 0) is 20.8 Å². The molecule has 1 saturated heterocycles. The highest BCUT2D eigenvalue weighted by atomic mass is 32.1. The van der Waals surface area contributed by atoms with Gasteiger partial charge < -0.3 is 18.9 Å². The van der Waals surface area contributed by atoms with Crippen LogP contribution in [0.1, 0.15) is 32.6 Å². The molecule has 0 aliphatic carbocycles. The molecule has 2 aromatic heterocycles. The fourth-order valence-corrected chi connectivity index (χ4v) is 4.03. The van der Waals surface area contributed by atoms with Crippen molar-refractivity contribution < 1.29 is 23.9 Å². The first-order valence-corrected chi connectivity index (χ1v) is 8.99. The molecule has 0 radical (unpaired) electrons. The van der Waals surface area contributed by atoms with E-state index < -0.39 is 5.97 Å². The topological polar surface area (TPSA) is 77.8 Å². The second-order valence-corrected chi connectivity index (χ2v) is 7.01. The van der Waals surface area contributed by atoms with Gasteiger partial charge in [-0.15, -0.1) is 11.3 Å². The normalized spacial score (nSPS) is 14.7. The number of amides is 1. The molecule has 0 bridgehead atoms. The van der Waals surface area contributed by atoms with E-state index in [2.05, 4.69) is 0 Å². The average Bonchev–Trinajstić information content (AvgIpc) is 3.11. The summed E-state index contributed by atoms with van der Waals surface area (Å²) in [6, 6.07) is 1.89. The maximum Gasteiger partial charge on any atom is 0.355 e. The van der Waals surface area contributed by atoms with Crippen molar-refractivity contribution in [3.05, 3.63) is 22.2 Å². The minimum absolute atomic E-state index is 0.00530. The van der Waals surface area contributed by atoms with Crippen molar-refractivity contribution in [1.29, 1.82) is 0 Å². The minimum atomic E-state index is -0.583. The summed E-state index contributed by atoms with van der Waals surface area (Å²) >= 11 is 1.43. The Bertz CT molecular complexity index is 817. The third-order valence-electron chi connectivity index (χ3n) is 4.14. The Hall–Kier alpha value is -2.19. The molecule has 7 nitrogen and oxygen atoms in total. The maximum absolute atomic E-state index is 12.7. The lowest BCUT2D eigenvalue weighted by Gasteiger charge is -2.27. The fraction of sp³-hybridized carbons (Fsp3) is 0.471. The van der Waals surface area contributed by atoms with Crippen LogP contribution in [-0.4, -0.2) is 60.5 Å². The Morgan fingerprint density at radius 3 is 2.72 bits per heavy atom. The summed E-state index contributed by atoms with van der Waals surface area (Å²) in [6.45, 7) is 5.90. The van der Waals surface area contributed by atoms with Crippen molar-refractivity contribution in [1.82, 2.24) is 9.47 Å². The molecule has 0 atom stereocenters. The van der Waals surface area contributed by atoms with Crippen molar-refractivity contribution in [3.63, 3.8) is 0 Å². The van der Waals surface area contributed by atoms with E-state index in [-0.39, 0.29) is 24.8 Å². The third-order valence-corrected chi connectivity index (χ3v) is 5.21. The first-order chi connectivity index (χ1) is 12.1. The Labute approximate surface area is 149 Å². The zero-order valence-corrected chi connectivity index (χ0v) is 15.1. The monoisotopic (exact) mass is 364 g/mol. The largest absolute Gasteiger partial charge is 0.461 e. The number of aromatic nitrogens is 1. The highest BCUT2D eigenvalue weighted by Crippen LogP contribution is 2.33. The van der Waals surface area contributed by atoms with E-state index in [4.69, 9.17) is 9.47 Å². The molecule has 1 fully saturated rings. The molecule has 0 spiro atoms. The van der Waals surface area contributed by atoms with Gasteiger partial charge in [0.1, 0.15) is 12.2 Å². The van der Waals surface area contributed by atoms with Crippen LogP contribution < -0.4 is 0 Å². The first-order valence-electron chi connectivity index (χ1n) is 8.17. The summed E-state index contributed by atoms with van der Waals surface area (Å²) in [6.07, 6.45) is 0.667. The quantitative estimate of drug-likeness (QED) is 0.598. The number of rotatable bonds is 5. The van der Waals surface area contributed by atoms with Gasteiger partial charge in [-0.05, 0) is 19.9 Å². The molecule has 3 heterocycles. The van der Waals surface area contributed by atoms with E-state index in [1.54, 1.807) is 16.4 Å². The molecule has 2 aromatic rings. The molecule has 1 aliphatic rings. The number of esters is 1. The number of morpholine rings is 1. The molecule has 0 saturated carbocycles. The molecule has 0 N–H and O–H groups in total. The van der Waals surface area contributed by atoms with Gasteiger partial charge in [-0.3, -0.25) is 9.59 Å². The number of hydrogen-bond donors (Lipinski definition) is 0. The van der Waals surface area contributed by atoms with Crippen LogP contribution in [0.3, 0.4) is 0 Å². The van der Waals surface area contributed by atoms with Gasteiger partial charge in [0.05, 0.1) is 35.6 Å². The van der Waals surface area contributed by atoms with Gasteiger partial charge >= 0.3 is 5.97 Å². The second-order valence-electron chi connectivity index (χ2n) is 5.75. The molecule has 0 unspecified atom stereocenters. The van der Waals surface area contributed by atoms with Crippen LogP contribution >= 0.6 is 11.3 Å². The number of carbonyl (C=O) groups excluding carboxylic acids is 3. The molecular weight excluding hydrogens is 344 g/mol. The summed E-state index contributed by atoms with van der Waals surface area (Å²) in [5.41, 5.74) is 1.16. The lowest BCUT2D eigenvalue weighted by Crippen LogP contribution is -2.42. The summed E-state index contributed by atoms with van der Waals surface area (Å²) in [5, 5.41) is 0. The number of carbonyl (C=O) groups is 3. The van der Waals surface area contributed by atoms with Crippen LogP contribution in [0.25, 0.3) is 10.2 Å². The molecule has 8 heteroatoms. The molecule has 134 valence electrons. The predicted molar refractivity (Wildman–Crippen MR) is 93.3 cm³/mol. The smallest absolute Gasteiger partial charge is 0.355 e. The van der Waals surface area contributed by atoms with Gasteiger partial charge in [0.15, 0.2) is 6.29 Å². The van der Waals surface area contributed by atoms with Gasteiger partial charge in [0.25, 0.3) is 0 Å². The summed E-state index contributed by atoms with van der Waals surface area (Å²) < 4.78 is 12.7. The van der Waals surface area contributed by atoms with Gasteiger partial charge in [-0.1, -0.05) is 0 Å². The summed E-state index contributed by atoms with van der Waals surface area (Å²) in [7, 11) is 0. The SMILES string of the molecule is CCOC(=O)c1c(C=O)c2sc(C)cc2n1CC(=O)N1CCOCC1. The number of hydrogen-bond acceptors (Lipinski definition) is 6. The Morgan fingerprint density at radius 1 is 1.36 bits per heavy atom. The minimum Gasteiger partial charge on any atom is -0.461 e. The molecular formula is C17H20N2O5S. The van der Waals surface area contributed by atoms with Gasteiger partial charge in [-0.2, -0.15) is 0 Å². The van der Waals surface area contributed by atoms with Crippen LogP contribution in [0, 0.1) is 6.92 Å². The highest BCUT2D eigenvalue weighted by molar-refractivity contribution is 7.19. The molecule has 1 aliphatic heterocycles. The lowest BCUT2D eigenvalue weighted by molar-refractivity contribution is -0.135. The number of nitrogens with zero attached hydrogens (tertiary/aromatic N) is 2. The number of aldehydes is 1. The van der Waals surface area contributed by atoms with E-state index in [1.807, 2.05) is 13.0 Å². The van der Waals surface area contributed by atoms with E-state index in [1.165, 1.54) is 11.3 Å². The van der Waals surface area contributed by atoms with E-state index in [9.17, 15) is 14.4 Å². The van der Waals surface area contributed by atoms with Gasteiger partial charge in [-0.25, -0.2) is 4.79 Å². The molecule has 1 amide bonds. The number of aryl methyl sites for hydroxylation is 1. The van der Waals surface area contributed by atoms with Crippen molar-refractivity contribution in [3.8, 4) is 0 Å². The lowest BCUT2D eigenvalue weighted by atomic mass is 10.2. The average molecular weight is 364 g/mol. The Balaban J connectivity index is 2.04. The molecule has 25 heavy (non-hydrogen) atoms. The van der Waals surface area contributed by atoms with Gasteiger partial charge in [0.2, 0.25) is 5.91 Å². The van der Waals surface area contributed by atoms with Crippen molar-refractivity contribution in [2.45, 2.75) is 20.4 Å². The first kappa shape index (κ1) is 17.6. The van der Waals surface area contributed by atoms with Crippen molar-refractivity contribution >= 4 is 39.7 Å². The standard InChI is InChI=1S/C17H20N2O5S/c1-3-24-17(22)15-12(10-20)16-13(8-11(2)25-16)19(15)9-14(21)18-4-6-23-7-5-18/h8,10H,3-7,9H2,1-2H3. The fourth-order valence-electron chi connectivity index (χ4n) is 3.01. The zero-order valence-electron chi connectivity index (χ0n) is 14.2. The van der Waals surface area contributed by atoms with Crippen molar-refractivity contribution in [2.24, 2.45) is 0 Å². The zero-order chi connectivity index (χ0) is 18.0. The number of fused-ring (bicyclic) bond motifs is 1. The van der Waals surface area contributed by atoms with E-state index >= 15 is 0 Å². The van der Waals surface area contributed by atoms with E-state index in [0.717, 1.165) is 4.88 Å². The number of thiophene rings is 1. The summed E-state index contributed by atoms with van der Waals surface area (Å²) in [4.78, 5) is 39.4. The maximum atomic E-state index is 12.7. The van der Waals surface area contributed by atoms with Crippen LogP contribution in [0.15, 0.2) is 6.07 Å². The Kier molecular flexibility index (Phi) is 5.19. The second kappa shape index (κ2) is 7.37. The summed E-state index contributed by atoms with van der Waals surface area (Å²) in [5.74, 6) is -0.688. The Morgan fingerprint density at radius 2 is 2.08 bits per heavy atom. The van der Waals surface area contributed by atoms with Gasteiger partial charge in [0, 0.05) is 18.0 Å². The van der Waals surface area contributed by atoms with Crippen molar-refractivity contribution in [2.75, 3.05) is 32.9 Å². The van der Waals surface area contributed by atoms with Crippen LogP contribution in [0.2, 0.25) is 0 Å². The highest BCUT2D eigenvalue weighted by Gasteiger charge is 2.27. The van der Waals surface area contributed by atoms with Crippen LogP contribution in [0.4, 0.5) is 0 Å². The number of ether oxygens (including phenoxy) is 2.